The van der Waals surface area contributed by atoms with Crippen LogP contribution >= 0.6 is 0 Å². The van der Waals surface area contributed by atoms with Gasteiger partial charge in [-0.15, -0.1) is 0 Å². The number of para-hydroxylation sites is 1. The quantitative estimate of drug-likeness (QED) is 0.695. The second kappa shape index (κ2) is 4.76. The number of hydrogen-bond acceptors (Lipinski definition) is 3. The lowest BCUT2D eigenvalue weighted by atomic mass is 10.2. The molecule has 0 fully saturated rings. The van der Waals surface area contributed by atoms with Crippen LogP contribution in [-0.2, 0) is 11.3 Å². The molecule has 1 amide bonds. The largest absolute Gasteiger partial charge is 0.349 e. The molecule has 1 aromatic carbocycles. The fourth-order valence-corrected chi connectivity index (χ4v) is 1.56. The van der Waals surface area contributed by atoms with Crippen molar-refractivity contribution < 1.29 is 4.79 Å². The SMILES string of the molecule is CNCC(=O)NCc1[nH]nc2ccccc12. The Morgan fingerprint density at radius 2 is 2.25 bits per heavy atom. The summed E-state index contributed by atoms with van der Waals surface area (Å²) >= 11 is 0. The molecule has 2 aromatic rings. The Morgan fingerprint density at radius 1 is 1.44 bits per heavy atom. The number of fused-ring (bicyclic) bond motifs is 1. The number of aromatic amines is 1. The van der Waals surface area contributed by atoms with Crippen molar-refractivity contribution in [2.24, 2.45) is 0 Å². The number of nitrogens with zero attached hydrogens (tertiary/aromatic N) is 1. The van der Waals surface area contributed by atoms with E-state index in [2.05, 4.69) is 20.8 Å². The lowest BCUT2D eigenvalue weighted by Crippen LogP contribution is -2.31. The molecular weight excluding hydrogens is 204 g/mol. The van der Waals surface area contributed by atoms with Crippen LogP contribution in [0.5, 0.6) is 0 Å². The third-order valence-corrected chi connectivity index (χ3v) is 2.34. The maximum atomic E-state index is 11.3. The summed E-state index contributed by atoms with van der Waals surface area (Å²) in [5.74, 6) is -0.0267. The lowest BCUT2D eigenvalue weighted by Gasteiger charge is -2.02. The van der Waals surface area contributed by atoms with Gasteiger partial charge in [0.1, 0.15) is 0 Å². The molecule has 0 aliphatic heterocycles. The van der Waals surface area contributed by atoms with E-state index in [0.29, 0.717) is 13.1 Å². The summed E-state index contributed by atoms with van der Waals surface area (Å²) in [5.41, 5.74) is 1.85. The number of nitrogens with one attached hydrogen (secondary N) is 3. The van der Waals surface area contributed by atoms with Crippen molar-refractivity contribution in [2.45, 2.75) is 6.54 Å². The normalized spacial score (nSPS) is 10.6. The summed E-state index contributed by atoms with van der Waals surface area (Å²) in [4.78, 5) is 11.3. The minimum absolute atomic E-state index is 0.0267. The van der Waals surface area contributed by atoms with E-state index in [9.17, 15) is 4.79 Å². The first kappa shape index (κ1) is 10.6. The van der Waals surface area contributed by atoms with Crippen LogP contribution in [0.25, 0.3) is 10.9 Å². The van der Waals surface area contributed by atoms with E-state index in [1.807, 2.05) is 24.3 Å². The van der Waals surface area contributed by atoms with Gasteiger partial charge in [-0.1, -0.05) is 18.2 Å². The fraction of sp³-hybridized carbons (Fsp3) is 0.273. The zero-order valence-electron chi connectivity index (χ0n) is 9.08. The van der Waals surface area contributed by atoms with Crippen molar-refractivity contribution in [3.8, 4) is 0 Å². The van der Waals surface area contributed by atoms with Gasteiger partial charge < -0.3 is 10.6 Å². The molecule has 0 aliphatic carbocycles. The molecule has 84 valence electrons. The fourth-order valence-electron chi connectivity index (χ4n) is 1.56. The first-order valence-electron chi connectivity index (χ1n) is 5.14. The van der Waals surface area contributed by atoms with Crippen LogP contribution in [0.15, 0.2) is 24.3 Å². The summed E-state index contributed by atoms with van der Waals surface area (Å²) in [7, 11) is 1.74. The number of aromatic nitrogens is 2. The highest BCUT2D eigenvalue weighted by Gasteiger charge is 2.05. The summed E-state index contributed by atoms with van der Waals surface area (Å²) in [5, 5.41) is 13.7. The number of likely N-dealkylation sites (N-methyl/N-ethyl adjacent to an activating group) is 1. The minimum atomic E-state index is -0.0267. The van der Waals surface area contributed by atoms with E-state index in [1.54, 1.807) is 7.05 Å². The third-order valence-electron chi connectivity index (χ3n) is 2.34. The number of carbonyl (C=O) groups excluding carboxylic acids is 1. The molecule has 0 saturated carbocycles. The number of benzene rings is 1. The third kappa shape index (κ3) is 2.20. The molecule has 0 saturated heterocycles. The Labute approximate surface area is 93.2 Å². The standard InChI is InChI=1S/C11H14N4O/c1-12-7-11(16)13-6-10-8-4-2-3-5-9(8)14-15-10/h2-5,12H,6-7H2,1H3,(H,13,16)(H,14,15). The zero-order valence-corrected chi connectivity index (χ0v) is 9.08. The summed E-state index contributed by atoms with van der Waals surface area (Å²) in [6.07, 6.45) is 0. The highest BCUT2D eigenvalue weighted by Crippen LogP contribution is 2.14. The van der Waals surface area contributed by atoms with Crippen LogP contribution in [-0.4, -0.2) is 29.7 Å². The molecule has 0 atom stereocenters. The van der Waals surface area contributed by atoms with Crippen LogP contribution in [0.2, 0.25) is 0 Å². The molecule has 0 radical (unpaired) electrons. The molecule has 0 spiro atoms. The first-order chi connectivity index (χ1) is 7.81. The molecule has 0 unspecified atom stereocenters. The number of amides is 1. The summed E-state index contributed by atoms with van der Waals surface area (Å²) in [6.45, 7) is 0.799. The first-order valence-corrected chi connectivity index (χ1v) is 5.14. The van der Waals surface area contributed by atoms with Gasteiger partial charge in [0.25, 0.3) is 0 Å². The second-order valence-electron chi connectivity index (χ2n) is 3.53. The molecule has 5 nitrogen and oxygen atoms in total. The van der Waals surface area contributed by atoms with Crippen LogP contribution in [0.4, 0.5) is 0 Å². The van der Waals surface area contributed by atoms with Gasteiger partial charge in [-0.05, 0) is 13.1 Å². The van der Waals surface area contributed by atoms with Gasteiger partial charge >= 0.3 is 0 Å². The average Bonchev–Trinajstić information content (AvgIpc) is 2.70. The molecule has 16 heavy (non-hydrogen) atoms. The smallest absolute Gasteiger partial charge is 0.234 e. The van der Waals surface area contributed by atoms with Gasteiger partial charge in [0.05, 0.1) is 24.3 Å². The van der Waals surface area contributed by atoms with Crippen LogP contribution in [0.1, 0.15) is 5.69 Å². The summed E-state index contributed by atoms with van der Waals surface area (Å²) < 4.78 is 0. The lowest BCUT2D eigenvalue weighted by molar-refractivity contribution is -0.120. The van der Waals surface area contributed by atoms with Gasteiger partial charge in [-0.25, -0.2) is 0 Å². The Hall–Kier alpha value is -1.88. The van der Waals surface area contributed by atoms with Gasteiger partial charge in [-0.3, -0.25) is 9.89 Å². The Kier molecular flexibility index (Phi) is 3.16. The minimum Gasteiger partial charge on any atom is -0.349 e. The molecule has 0 aliphatic rings. The van der Waals surface area contributed by atoms with Crippen molar-refractivity contribution in [1.82, 2.24) is 20.8 Å². The number of hydrogen-bond donors (Lipinski definition) is 3. The molecular formula is C11H14N4O. The molecule has 1 aromatic heterocycles. The number of H-pyrrole nitrogens is 1. The molecule has 0 bridgehead atoms. The average molecular weight is 218 g/mol. The zero-order chi connectivity index (χ0) is 11.4. The van der Waals surface area contributed by atoms with E-state index in [1.165, 1.54) is 0 Å². The van der Waals surface area contributed by atoms with Gasteiger partial charge in [0.15, 0.2) is 0 Å². The molecule has 1 heterocycles. The van der Waals surface area contributed by atoms with Crippen LogP contribution in [0.3, 0.4) is 0 Å². The highest BCUT2D eigenvalue weighted by atomic mass is 16.1. The Balaban J connectivity index is 2.07. The predicted molar refractivity (Wildman–Crippen MR) is 61.9 cm³/mol. The van der Waals surface area contributed by atoms with Gasteiger partial charge in [-0.2, -0.15) is 5.10 Å². The Morgan fingerprint density at radius 3 is 3.06 bits per heavy atom. The highest BCUT2D eigenvalue weighted by molar-refractivity contribution is 5.82. The number of rotatable bonds is 4. The van der Waals surface area contributed by atoms with Crippen molar-refractivity contribution in [1.29, 1.82) is 0 Å². The maximum absolute atomic E-state index is 11.3. The number of carbonyl (C=O) groups is 1. The van der Waals surface area contributed by atoms with Crippen molar-refractivity contribution in [3.05, 3.63) is 30.0 Å². The van der Waals surface area contributed by atoms with Crippen molar-refractivity contribution in [2.75, 3.05) is 13.6 Å². The van der Waals surface area contributed by atoms with E-state index in [0.717, 1.165) is 16.6 Å². The molecule has 2 rings (SSSR count). The maximum Gasteiger partial charge on any atom is 0.234 e. The van der Waals surface area contributed by atoms with E-state index < -0.39 is 0 Å². The van der Waals surface area contributed by atoms with E-state index in [4.69, 9.17) is 0 Å². The van der Waals surface area contributed by atoms with Crippen molar-refractivity contribution >= 4 is 16.8 Å². The summed E-state index contributed by atoms with van der Waals surface area (Å²) in [6, 6.07) is 7.81. The van der Waals surface area contributed by atoms with E-state index in [-0.39, 0.29) is 5.91 Å². The topological polar surface area (TPSA) is 69.8 Å². The molecule has 5 heteroatoms. The monoisotopic (exact) mass is 218 g/mol. The molecule has 3 N–H and O–H groups in total. The van der Waals surface area contributed by atoms with Gasteiger partial charge in [0, 0.05) is 5.39 Å². The predicted octanol–water partition coefficient (Wildman–Crippen LogP) is 0.398. The Bertz CT molecular complexity index is 491. The van der Waals surface area contributed by atoms with Crippen LogP contribution in [0, 0.1) is 0 Å². The second-order valence-corrected chi connectivity index (χ2v) is 3.53. The van der Waals surface area contributed by atoms with E-state index >= 15 is 0 Å². The van der Waals surface area contributed by atoms with Crippen molar-refractivity contribution in [3.63, 3.8) is 0 Å². The van der Waals surface area contributed by atoms with Crippen LogP contribution < -0.4 is 10.6 Å². The van der Waals surface area contributed by atoms with Gasteiger partial charge in [0.2, 0.25) is 5.91 Å².